The fourth-order valence-corrected chi connectivity index (χ4v) is 3.62. The van der Waals surface area contributed by atoms with Crippen LogP contribution >= 0.6 is 0 Å². The average molecular weight is 334 g/mol. The molecule has 1 fully saturated rings. The van der Waals surface area contributed by atoms with Gasteiger partial charge in [-0.15, -0.1) is 0 Å². The van der Waals surface area contributed by atoms with Crippen molar-refractivity contribution in [2.75, 3.05) is 19.9 Å². The molecule has 2 heterocycles. The van der Waals surface area contributed by atoms with E-state index >= 15 is 0 Å². The van der Waals surface area contributed by atoms with Gasteiger partial charge in [-0.05, 0) is 54.8 Å². The van der Waals surface area contributed by atoms with Gasteiger partial charge in [0.25, 0.3) is 0 Å². The van der Waals surface area contributed by atoms with Crippen LogP contribution in [0.4, 0.5) is 0 Å². The molecular formula is C21H22N2O2. The Kier molecular flexibility index (Phi) is 4.58. The molecule has 0 saturated carbocycles. The van der Waals surface area contributed by atoms with Crippen molar-refractivity contribution in [1.82, 2.24) is 4.90 Å². The lowest BCUT2D eigenvalue weighted by Crippen LogP contribution is -2.39. The van der Waals surface area contributed by atoms with E-state index in [1.807, 2.05) is 18.2 Å². The fraction of sp³-hybridized carbons (Fsp3) is 0.381. The van der Waals surface area contributed by atoms with Gasteiger partial charge in [0, 0.05) is 6.42 Å². The van der Waals surface area contributed by atoms with Crippen molar-refractivity contribution < 1.29 is 9.47 Å². The van der Waals surface area contributed by atoms with Gasteiger partial charge in [0.2, 0.25) is 6.79 Å². The van der Waals surface area contributed by atoms with Crippen LogP contribution in [0.15, 0.2) is 42.5 Å². The van der Waals surface area contributed by atoms with Crippen LogP contribution in [0.25, 0.3) is 11.1 Å². The Morgan fingerprint density at radius 3 is 2.40 bits per heavy atom. The van der Waals surface area contributed by atoms with Crippen LogP contribution < -0.4 is 9.47 Å². The van der Waals surface area contributed by atoms with Crippen molar-refractivity contribution in [2.45, 2.75) is 31.7 Å². The van der Waals surface area contributed by atoms with E-state index in [4.69, 9.17) is 9.47 Å². The maximum atomic E-state index is 9.54. The summed E-state index contributed by atoms with van der Waals surface area (Å²) in [5, 5.41) is 9.54. The van der Waals surface area contributed by atoms with Gasteiger partial charge in [-0.2, -0.15) is 5.26 Å². The number of fused-ring (bicyclic) bond motifs is 1. The molecule has 0 aromatic heterocycles. The molecule has 0 unspecified atom stereocenters. The zero-order chi connectivity index (χ0) is 17.1. The monoisotopic (exact) mass is 334 g/mol. The summed E-state index contributed by atoms with van der Waals surface area (Å²) in [6, 6.07) is 17.0. The first kappa shape index (κ1) is 16.0. The molecular weight excluding hydrogens is 312 g/mol. The second-order valence-corrected chi connectivity index (χ2v) is 6.71. The summed E-state index contributed by atoms with van der Waals surface area (Å²) in [7, 11) is 0. The van der Waals surface area contributed by atoms with Crippen molar-refractivity contribution in [2.24, 2.45) is 0 Å². The highest BCUT2D eigenvalue weighted by Gasteiger charge is 2.20. The van der Waals surface area contributed by atoms with E-state index in [1.54, 1.807) is 0 Å². The lowest BCUT2D eigenvalue weighted by molar-refractivity contribution is 0.174. The van der Waals surface area contributed by atoms with E-state index in [-0.39, 0.29) is 6.04 Å². The molecule has 4 nitrogen and oxygen atoms in total. The van der Waals surface area contributed by atoms with Crippen LogP contribution in [0.1, 0.15) is 24.8 Å². The molecule has 25 heavy (non-hydrogen) atoms. The van der Waals surface area contributed by atoms with Crippen LogP contribution in [0.5, 0.6) is 11.5 Å². The van der Waals surface area contributed by atoms with Crippen LogP contribution in [0.2, 0.25) is 0 Å². The van der Waals surface area contributed by atoms with Crippen molar-refractivity contribution in [3.8, 4) is 28.7 Å². The largest absolute Gasteiger partial charge is 0.454 e. The molecule has 2 aromatic carbocycles. The maximum absolute atomic E-state index is 9.54. The van der Waals surface area contributed by atoms with Crippen molar-refractivity contribution in [3.63, 3.8) is 0 Å². The van der Waals surface area contributed by atoms with Gasteiger partial charge in [0.15, 0.2) is 11.5 Å². The minimum atomic E-state index is -0.0170. The van der Waals surface area contributed by atoms with Gasteiger partial charge in [-0.3, -0.25) is 4.90 Å². The minimum Gasteiger partial charge on any atom is -0.454 e. The molecule has 0 spiro atoms. The van der Waals surface area contributed by atoms with Crippen LogP contribution in [-0.2, 0) is 6.42 Å². The maximum Gasteiger partial charge on any atom is 0.231 e. The van der Waals surface area contributed by atoms with Gasteiger partial charge in [-0.25, -0.2) is 0 Å². The number of ether oxygens (including phenoxy) is 2. The fourth-order valence-electron chi connectivity index (χ4n) is 3.62. The Hall–Kier alpha value is -2.51. The van der Waals surface area contributed by atoms with Gasteiger partial charge in [0.1, 0.15) is 6.04 Å². The molecule has 2 aromatic rings. The van der Waals surface area contributed by atoms with E-state index in [0.717, 1.165) is 42.1 Å². The molecule has 1 atom stereocenters. The summed E-state index contributed by atoms with van der Waals surface area (Å²) in [4.78, 5) is 2.33. The van der Waals surface area contributed by atoms with Crippen molar-refractivity contribution in [3.05, 3.63) is 48.0 Å². The molecule has 0 amide bonds. The molecule has 4 heteroatoms. The highest BCUT2D eigenvalue weighted by atomic mass is 16.7. The summed E-state index contributed by atoms with van der Waals surface area (Å²) < 4.78 is 10.8. The second-order valence-electron chi connectivity index (χ2n) is 6.71. The minimum absolute atomic E-state index is 0.0170. The molecule has 4 rings (SSSR count). The van der Waals surface area contributed by atoms with E-state index in [9.17, 15) is 5.26 Å². The van der Waals surface area contributed by atoms with Crippen LogP contribution in [-0.4, -0.2) is 30.8 Å². The number of piperidine rings is 1. The molecule has 1 saturated heterocycles. The lowest BCUT2D eigenvalue weighted by atomic mass is 9.99. The Bertz CT molecular complexity index is 773. The van der Waals surface area contributed by atoms with Crippen LogP contribution in [0.3, 0.4) is 0 Å². The SMILES string of the molecule is N#C[C@H](Cc1ccc(-c2ccc3c(c2)OCO3)cc1)N1CCCCC1. The van der Waals surface area contributed by atoms with Gasteiger partial charge in [0.05, 0.1) is 6.07 Å². The van der Waals surface area contributed by atoms with Crippen molar-refractivity contribution >= 4 is 0 Å². The number of benzene rings is 2. The summed E-state index contributed by atoms with van der Waals surface area (Å²) in [5.41, 5.74) is 3.47. The third kappa shape index (κ3) is 3.47. The van der Waals surface area contributed by atoms with E-state index in [0.29, 0.717) is 6.79 Å². The first-order valence-electron chi connectivity index (χ1n) is 8.96. The van der Waals surface area contributed by atoms with Gasteiger partial charge >= 0.3 is 0 Å². The third-order valence-corrected chi connectivity index (χ3v) is 5.07. The highest BCUT2D eigenvalue weighted by Crippen LogP contribution is 2.35. The summed E-state index contributed by atoms with van der Waals surface area (Å²) in [6.45, 7) is 2.39. The van der Waals surface area contributed by atoms with Crippen LogP contribution in [0, 0.1) is 11.3 Å². The zero-order valence-electron chi connectivity index (χ0n) is 14.3. The molecule has 2 aliphatic rings. The standard InChI is InChI=1S/C21H22N2O2/c22-14-19(23-10-2-1-3-11-23)12-16-4-6-17(7-5-16)18-8-9-20-21(13-18)25-15-24-20/h4-9,13,19H,1-3,10-12,15H2/t19-/m0/s1. The predicted octanol–water partition coefficient (Wildman–Crippen LogP) is 4.00. The first-order chi connectivity index (χ1) is 12.3. The molecule has 0 N–H and O–H groups in total. The summed E-state index contributed by atoms with van der Waals surface area (Å²) >= 11 is 0. The van der Waals surface area contributed by atoms with E-state index in [1.165, 1.54) is 24.8 Å². The normalized spacial score (nSPS) is 17.9. The number of nitrogens with zero attached hydrogens (tertiary/aromatic N) is 2. The Labute approximate surface area is 148 Å². The second kappa shape index (κ2) is 7.16. The topological polar surface area (TPSA) is 45.5 Å². The first-order valence-corrected chi connectivity index (χ1v) is 8.96. The molecule has 128 valence electrons. The molecule has 0 aliphatic carbocycles. The van der Waals surface area contributed by atoms with E-state index in [2.05, 4.69) is 35.2 Å². The number of likely N-dealkylation sites (tertiary alicyclic amines) is 1. The van der Waals surface area contributed by atoms with Gasteiger partial charge in [-0.1, -0.05) is 36.8 Å². The molecule has 2 aliphatic heterocycles. The third-order valence-electron chi connectivity index (χ3n) is 5.07. The number of hydrogen-bond acceptors (Lipinski definition) is 4. The number of nitriles is 1. The summed E-state index contributed by atoms with van der Waals surface area (Å²) in [5.74, 6) is 1.61. The average Bonchev–Trinajstić information content (AvgIpc) is 3.15. The van der Waals surface area contributed by atoms with Crippen molar-refractivity contribution in [1.29, 1.82) is 5.26 Å². The predicted molar refractivity (Wildman–Crippen MR) is 96.5 cm³/mol. The van der Waals surface area contributed by atoms with Gasteiger partial charge < -0.3 is 9.47 Å². The smallest absolute Gasteiger partial charge is 0.231 e. The summed E-state index contributed by atoms with van der Waals surface area (Å²) in [6.07, 6.45) is 4.50. The Morgan fingerprint density at radius 1 is 0.920 bits per heavy atom. The molecule has 0 radical (unpaired) electrons. The highest BCUT2D eigenvalue weighted by molar-refractivity contribution is 5.67. The lowest BCUT2D eigenvalue weighted by Gasteiger charge is -2.30. The number of rotatable bonds is 4. The quantitative estimate of drug-likeness (QED) is 0.848. The Balaban J connectivity index is 1.47. The Morgan fingerprint density at radius 2 is 1.64 bits per heavy atom. The van der Waals surface area contributed by atoms with E-state index < -0.39 is 0 Å². The molecule has 0 bridgehead atoms. The zero-order valence-corrected chi connectivity index (χ0v) is 14.3. The number of hydrogen-bond donors (Lipinski definition) is 0.